The number of rotatable bonds is 8. The summed E-state index contributed by atoms with van der Waals surface area (Å²) in [5.74, 6) is 2.36. The van der Waals surface area contributed by atoms with Crippen LogP contribution in [0, 0.1) is 20.8 Å². The molecule has 0 aliphatic rings. The molecule has 166 valence electrons. The second-order valence-corrected chi connectivity index (χ2v) is 8.89. The fraction of sp³-hybridized carbons (Fsp3) is 0.269. The third-order valence-corrected chi connectivity index (χ3v) is 6.00. The Kier molecular flexibility index (Phi) is 6.82. The molecule has 1 unspecified atom stereocenters. The highest BCUT2D eigenvalue weighted by atomic mass is 79.9. The summed E-state index contributed by atoms with van der Waals surface area (Å²) in [5, 5.41) is 10.7. The van der Waals surface area contributed by atoms with Crippen molar-refractivity contribution in [3.63, 3.8) is 0 Å². The van der Waals surface area contributed by atoms with Gasteiger partial charge in [-0.2, -0.15) is 0 Å². The van der Waals surface area contributed by atoms with Crippen LogP contribution in [0.4, 0.5) is 0 Å². The largest absolute Gasteiger partial charge is 0.490 e. The minimum Gasteiger partial charge on any atom is -0.490 e. The van der Waals surface area contributed by atoms with Gasteiger partial charge in [0.1, 0.15) is 36.6 Å². The second-order valence-electron chi connectivity index (χ2n) is 8.04. The molecule has 3 aromatic carbocycles. The zero-order valence-electron chi connectivity index (χ0n) is 18.5. The van der Waals surface area contributed by atoms with Crippen LogP contribution in [0.5, 0.6) is 11.5 Å². The fourth-order valence-corrected chi connectivity index (χ4v) is 4.38. The van der Waals surface area contributed by atoms with Crippen molar-refractivity contribution < 1.29 is 14.6 Å². The predicted octanol–water partition coefficient (Wildman–Crippen LogP) is 5.74. The third-order valence-electron chi connectivity index (χ3n) is 5.35. The number of aliphatic hydroxyl groups is 1. The lowest BCUT2D eigenvalue weighted by Crippen LogP contribution is -2.25. The van der Waals surface area contributed by atoms with Crippen LogP contribution in [0.1, 0.15) is 22.5 Å². The molecular weight excluding hydrogens is 468 g/mol. The molecule has 0 bridgehead atoms. The number of aryl methyl sites for hydroxylation is 3. The molecule has 0 fully saturated rings. The van der Waals surface area contributed by atoms with Gasteiger partial charge in [-0.05, 0) is 72.1 Å². The van der Waals surface area contributed by atoms with E-state index in [1.165, 1.54) is 5.56 Å². The van der Waals surface area contributed by atoms with Crippen molar-refractivity contribution in [1.29, 1.82) is 0 Å². The third kappa shape index (κ3) is 4.97. The molecule has 1 heterocycles. The number of hydrogen-bond acceptors (Lipinski definition) is 4. The minimum atomic E-state index is -0.707. The van der Waals surface area contributed by atoms with Crippen molar-refractivity contribution >= 4 is 27.0 Å². The van der Waals surface area contributed by atoms with Gasteiger partial charge < -0.3 is 19.1 Å². The summed E-state index contributed by atoms with van der Waals surface area (Å²) in [6.07, 6.45) is -0.707. The highest BCUT2D eigenvalue weighted by molar-refractivity contribution is 9.10. The minimum absolute atomic E-state index is 0.172. The molecule has 0 aliphatic carbocycles. The van der Waals surface area contributed by atoms with Gasteiger partial charge in [-0.3, -0.25) is 0 Å². The number of para-hydroxylation sites is 3. The number of ether oxygens (including phenoxy) is 2. The van der Waals surface area contributed by atoms with Crippen LogP contribution < -0.4 is 9.47 Å². The molecule has 4 rings (SSSR count). The maximum Gasteiger partial charge on any atom is 0.148 e. The Morgan fingerprint density at radius 1 is 0.969 bits per heavy atom. The number of halogens is 1. The van der Waals surface area contributed by atoms with E-state index in [4.69, 9.17) is 14.5 Å². The van der Waals surface area contributed by atoms with Crippen LogP contribution in [0.15, 0.2) is 65.1 Å². The Morgan fingerprint density at radius 2 is 1.66 bits per heavy atom. The summed E-state index contributed by atoms with van der Waals surface area (Å²) in [6.45, 7) is 7.04. The summed E-state index contributed by atoms with van der Waals surface area (Å²) >= 11 is 3.47. The molecule has 5 nitrogen and oxygen atoms in total. The number of fused-ring (bicyclic) bond motifs is 1. The van der Waals surface area contributed by atoms with Crippen molar-refractivity contribution in [2.45, 2.75) is 40.0 Å². The molecule has 1 atom stereocenters. The Morgan fingerprint density at radius 3 is 2.41 bits per heavy atom. The van der Waals surface area contributed by atoms with Crippen LogP contribution in [-0.2, 0) is 13.2 Å². The molecule has 4 aromatic rings. The summed E-state index contributed by atoms with van der Waals surface area (Å²) in [6, 6.07) is 19.8. The van der Waals surface area contributed by atoms with Gasteiger partial charge in [0.05, 0.1) is 22.1 Å². The van der Waals surface area contributed by atoms with Crippen LogP contribution >= 0.6 is 15.9 Å². The lowest BCUT2D eigenvalue weighted by molar-refractivity contribution is 0.0914. The Hall–Kier alpha value is -2.83. The summed E-state index contributed by atoms with van der Waals surface area (Å²) in [5.41, 5.74) is 5.26. The normalized spacial score (nSPS) is 12.2. The maximum absolute atomic E-state index is 10.7. The highest BCUT2D eigenvalue weighted by Crippen LogP contribution is 2.27. The molecule has 0 radical (unpaired) electrons. The quantitative estimate of drug-likeness (QED) is 0.339. The smallest absolute Gasteiger partial charge is 0.148 e. The van der Waals surface area contributed by atoms with E-state index in [2.05, 4.69) is 48.8 Å². The highest BCUT2D eigenvalue weighted by Gasteiger charge is 2.16. The maximum atomic E-state index is 10.7. The van der Waals surface area contributed by atoms with E-state index in [1.807, 2.05) is 53.1 Å². The van der Waals surface area contributed by atoms with Gasteiger partial charge in [0, 0.05) is 0 Å². The molecule has 0 spiro atoms. The van der Waals surface area contributed by atoms with Crippen molar-refractivity contribution in [3.05, 3.63) is 87.7 Å². The van der Waals surface area contributed by atoms with Crippen molar-refractivity contribution in [2.75, 3.05) is 6.61 Å². The Balaban J connectivity index is 1.53. The monoisotopic (exact) mass is 494 g/mol. The SMILES string of the molecule is Cc1cc(C)c(OCc2nc3ccccc3n2CC(O)COc2ccccc2Br)c(C)c1. The average Bonchev–Trinajstić information content (AvgIpc) is 3.10. The average molecular weight is 495 g/mol. The summed E-state index contributed by atoms with van der Waals surface area (Å²) in [4.78, 5) is 4.77. The Labute approximate surface area is 196 Å². The number of benzene rings is 3. The first-order valence-corrected chi connectivity index (χ1v) is 11.4. The topological polar surface area (TPSA) is 56.5 Å². The molecule has 0 amide bonds. The fourth-order valence-electron chi connectivity index (χ4n) is 3.98. The van der Waals surface area contributed by atoms with Gasteiger partial charge in [0.15, 0.2) is 0 Å². The molecule has 1 N–H and O–H groups in total. The van der Waals surface area contributed by atoms with Crippen LogP contribution in [0.25, 0.3) is 11.0 Å². The van der Waals surface area contributed by atoms with Crippen LogP contribution in [0.3, 0.4) is 0 Å². The van der Waals surface area contributed by atoms with Crippen LogP contribution in [-0.4, -0.2) is 27.4 Å². The standard InChI is InChI=1S/C26H27BrN2O3/c1-17-12-18(2)26(19(3)13-17)32-16-25-28-22-9-5-6-10-23(22)29(25)14-20(30)15-31-24-11-7-4-8-21(24)27/h4-13,20,30H,14-16H2,1-3H3. The van der Waals surface area contributed by atoms with Gasteiger partial charge in [-0.1, -0.05) is 42.0 Å². The number of aromatic nitrogens is 2. The van der Waals surface area contributed by atoms with Crippen molar-refractivity contribution in [2.24, 2.45) is 0 Å². The van der Waals surface area contributed by atoms with E-state index in [9.17, 15) is 5.11 Å². The van der Waals surface area contributed by atoms with Crippen molar-refractivity contribution in [1.82, 2.24) is 9.55 Å². The Bertz CT molecular complexity index is 1210. The zero-order chi connectivity index (χ0) is 22.7. The second kappa shape index (κ2) is 9.76. The lowest BCUT2D eigenvalue weighted by Gasteiger charge is -2.17. The first-order chi connectivity index (χ1) is 15.4. The molecule has 1 aromatic heterocycles. The zero-order valence-corrected chi connectivity index (χ0v) is 20.1. The van der Waals surface area contributed by atoms with E-state index in [0.717, 1.165) is 38.2 Å². The molecule has 0 saturated carbocycles. The molecular formula is C26H27BrN2O3. The number of aliphatic hydroxyl groups excluding tert-OH is 1. The molecule has 0 saturated heterocycles. The predicted molar refractivity (Wildman–Crippen MR) is 130 cm³/mol. The van der Waals surface area contributed by atoms with Gasteiger partial charge >= 0.3 is 0 Å². The van der Waals surface area contributed by atoms with Gasteiger partial charge in [0.2, 0.25) is 0 Å². The number of hydrogen-bond donors (Lipinski definition) is 1. The molecule has 0 aliphatic heterocycles. The molecule has 32 heavy (non-hydrogen) atoms. The summed E-state index contributed by atoms with van der Waals surface area (Å²) < 4.78 is 14.9. The first-order valence-electron chi connectivity index (χ1n) is 10.6. The van der Waals surface area contributed by atoms with E-state index in [-0.39, 0.29) is 6.61 Å². The molecule has 6 heteroatoms. The summed E-state index contributed by atoms with van der Waals surface area (Å²) in [7, 11) is 0. The van der Waals surface area contributed by atoms with Gasteiger partial charge in [0.25, 0.3) is 0 Å². The van der Waals surface area contributed by atoms with E-state index in [1.54, 1.807) is 0 Å². The lowest BCUT2D eigenvalue weighted by atomic mass is 10.1. The van der Waals surface area contributed by atoms with Gasteiger partial charge in [-0.15, -0.1) is 0 Å². The number of imidazole rings is 1. The van der Waals surface area contributed by atoms with E-state index in [0.29, 0.717) is 18.9 Å². The van der Waals surface area contributed by atoms with Gasteiger partial charge in [-0.25, -0.2) is 4.98 Å². The van der Waals surface area contributed by atoms with Crippen LogP contribution in [0.2, 0.25) is 0 Å². The van der Waals surface area contributed by atoms with E-state index < -0.39 is 6.10 Å². The first kappa shape index (κ1) is 22.4. The van der Waals surface area contributed by atoms with E-state index >= 15 is 0 Å². The van der Waals surface area contributed by atoms with Crippen molar-refractivity contribution in [3.8, 4) is 11.5 Å². The number of nitrogens with zero attached hydrogens (tertiary/aromatic N) is 2.